The zero-order chi connectivity index (χ0) is 10.7. The molecule has 0 aliphatic rings. The summed E-state index contributed by atoms with van der Waals surface area (Å²) < 4.78 is 0. The van der Waals surface area contributed by atoms with E-state index in [1.54, 1.807) is 0 Å². The van der Waals surface area contributed by atoms with Crippen LogP contribution < -0.4 is 0 Å². The minimum atomic E-state index is -1.75. The van der Waals surface area contributed by atoms with Crippen LogP contribution in [-0.2, 0) is 0 Å². The average Bonchev–Trinajstić information content (AvgIpc) is 1.54. The molecule has 0 spiro atoms. The largest absolute Gasteiger partial charge is 3.00 e. The second-order valence-electron chi connectivity index (χ2n) is 0.671. The second kappa shape index (κ2) is 70.1. The van der Waals surface area contributed by atoms with Gasteiger partial charge in [0.25, 0.3) is 0 Å². The van der Waals surface area contributed by atoms with Crippen molar-refractivity contribution < 1.29 is 42.6 Å². The molecule has 10 N–H and O–H groups in total. The molecule has 0 aromatic heterocycles. The van der Waals surface area contributed by atoms with Crippen LogP contribution in [0, 0.1) is 46.0 Å². The van der Waals surface area contributed by atoms with Crippen LogP contribution in [0.2, 0.25) is 0 Å². The number of nitrogens with zero attached hydrogens (tertiary/aromatic N) is 3. The molecule has 0 aromatic carbocycles. The van der Waals surface area contributed by atoms with Gasteiger partial charge in [-0.25, -0.2) is 0 Å². The molecule has 2 radical (unpaired) electrons. The van der Waals surface area contributed by atoms with Gasteiger partial charge in [-0.3, -0.25) is 0 Å². The summed E-state index contributed by atoms with van der Waals surface area (Å²) in [7, 11) is 0. The van der Waals surface area contributed by atoms with E-state index in [9.17, 15) is 0 Å². The van der Waals surface area contributed by atoms with E-state index in [1.165, 1.54) is 0 Å². The Labute approximate surface area is 127 Å². The van der Waals surface area contributed by atoms with Crippen LogP contribution in [-0.4, -0.2) is 68.8 Å². The third-order valence-electron chi connectivity index (χ3n) is 0. The number of halogens is 1. The molecule has 0 fully saturated rings. The Morgan fingerprint density at radius 1 is 0.474 bits per heavy atom. The van der Waals surface area contributed by atoms with Crippen molar-refractivity contribution in [2.75, 3.05) is 0 Å². The van der Waals surface area contributed by atoms with Crippen molar-refractivity contribution in [3.8, 4) is 0 Å². The zero-order valence-corrected chi connectivity index (χ0v) is 12.7. The van der Waals surface area contributed by atoms with Crippen LogP contribution in [0.5, 0.6) is 0 Å². The van der Waals surface area contributed by atoms with Crippen molar-refractivity contribution >= 4 is 38.6 Å². The Balaban J connectivity index is -0.00000000675. The molecule has 19 heteroatoms. The van der Waals surface area contributed by atoms with E-state index in [2.05, 4.69) is 0 Å². The van der Waals surface area contributed by atoms with Crippen molar-refractivity contribution in [1.29, 1.82) is 0 Å². The summed E-state index contributed by atoms with van der Waals surface area (Å²) >= 11 is 0. The van der Waals surface area contributed by atoms with Gasteiger partial charge in [-0.05, 0) is 0 Å². The summed E-state index contributed by atoms with van der Waals surface area (Å²) in [6.45, 7) is 0. The molecular formula is H11BiClN3O14. The molecule has 0 heterocycles. The molecule has 0 atom stereocenters. The first kappa shape index (κ1) is 84.2. The number of hydrogen-bond donors (Lipinski definition) is 0. The fraction of sp³-hybridized carbons (Fsp3) is 0. The first-order valence-electron chi connectivity index (χ1n) is 1.64. The summed E-state index contributed by atoms with van der Waals surface area (Å²) in [5, 5.41) is 44.2. The van der Waals surface area contributed by atoms with E-state index >= 15 is 0 Å². The van der Waals surface area contributed by atoms with Crippen LogP contribution in [0.15, 0.2) is 0 Å². The van der Waals surface area contributed by atoms with Crippen molar-refractivity contribution in [2.45, 2.75) is 0 Å². The van der Waals surface area contributed by atoms with Crippen LogP contribution in [0.1, 0.15) is 0 Å². The molecule has 19 heavy (non-hydrogen) atoms. The minimum absolute atomic E-state index is 0. The molecule has 0 saturated carbocycles. The molecule has 0 amide bonds. The van der Waals surface area contributed by atoms with Gasteiger partial charge in [0.15, 0.2) is 0 Å². The SMILES string of the molecule is Cl.O.O.O.O.O.O=[N+]([O-])[O-].O=[N+]([O-])[O-].O=[N+]([O-])[O-].[Bi+3]. The topological polar surface area (TPSA) is 356 Å². The van der Waals surface area contributed by atoms with Gasteiger partial charge in [0.05, 0.1) is 15.3 Å². The Hall–Kier alpha value is -1.43. The van der Waals surface area contributed by atoms with Crippen LogP contribution >= 0.6 is 12.4 Å². The predicted molar refractivity (Wildman–Crippen MR) is 62.2 cm³/mol. The Bertz CT molecular complexity index is 120. The average molecular weight is 522 g/mol. The first-order chi connectivity index (χ1) is 5.20. The molecular weight excluding hydrogens is 510 g/mol. The van der Waals surface area contributed by atoms with E-state index in [4.69, 9.17) is 46.0 Å². The van der Waals surface area contributed by atoms with E-state index in [1.807, 2.05) is 0 Å². The summed E-state index contributed by atoms with van der Waals surface area (Å²) in [5.74, 6) is 0. The zero-order valence-electron chi connectivity index (χ0n) is 8.37. The normalized spacial score (nSPS) is 3.79. The molecule has 0 bridgehead atoms. The van der Waals surface area contributed by atoms with E-state index < -0.39 is 15.3 Å². The summed E-state index contributed by atoms with van der Waals surface area (Å²) in [4.78, 5) is 24.8. The van der Waals surface area contributed by atoms with Gasteiger partial charge >= 0.3 is 26.2 Å². The fourth-order valence-electron chi connectivity index (χ4n) is 0. The van der Waals surface area contributed by atoms with Gasteiger partial charge in [0, 0.05) is 0 Å². The standard InChI is InChI=1S/Bi.ClH.3NO3.5H2O/c;;3*2-1(3)4;;;;;/h;1H;;;;5*1H2/q+3;;3*-1;;;;;. The quantitative estimate of drug-likeness (QED) is 0.167. The van der Waals surface area contributed by atoms with Crippen molar-refractivity contribution in [3.63, 3.8) is 0 Å². The van der Waals surface area contributed by atoms with Crippen LogP contribution in [0.25, 0.3) is 0 Å². The second-order valence-corrected chi connectivity index (χ2v) is 0.671. The third kappa shape index (κ3) is 1730. The smallest absolute Gasteiger partial charge is 0.412 e. The molecule has 0 aromatic rings. The molecule has 0 aliphatic carbocycles. The maximum Gasteiger partial charge on any atom is 3.00 e. The van der Waals surface area contributed by atoms with Gasteiger partial charge in [-0.2, -0.15) is 0 Å². The van der Waals surface area contributed by atoms with E-state index in [-0.39, 0.29) is 66.0 Å². The Morgan fingerprint density at radius 2 is 0.474 bits per heavy atom. The number of rotatable bonds is 0. The third-order valence-corrected chi connectivity index (χ3v) is 0. The molecule has 0 rings (SSSR count). The monoisotopic (exact) mass is 521 g/mol. The molecule has 0 saturated heterocycles. The van der Waals surface area contributed by atoms with Crippen LogP contribution in [0.3, 0.4) is 0 Å². The van der Waals surface area contributed by atoms with Crippen molar-refractivity contribution in [2.24, 2.45) is 0 Å². The molecule has 0 unspecified atom stereocenters. The fourth-order valence-corrected chi connectivity index (χ4v) is 0. The van der Waals surface area contributed by atoms with Crippen molar-refractivity contribution in [3.05, 3.63) is 46.0 Å². The summed E-state index contributed by atoms with van der Waals surface area (Å²) in [6.07, 6.45) is 0. The van der Waals surface area contributed by atoms with E-state index in [0.717, 1.165) is 0 Å². The number of hydrogen-bond acceptors (Lipinski definition) is 9. The summed E-state index contributed by atoms with van der Waals surface area (Å²) in [6, 6.07) is 0. The summed E-state index contributed by atoms with van der Waals surface area (Å²) in [5.41, 5.74) is 0. The Kier molecular flexibility index (Phi) is 310. The van der Waals surface area contributed by atoms with Gasteiger partial charge in [0.2, 0.25) is 0 Å². The molecule has 0 aliphatic heterocycles. The minimum Gasteiger partial charge on any atom is -0.412 e. The van der Waals surface area contributed by atoms with Gasteiger partial charge in [-0.15, -0.1) is 12.4 Å². The van der Waals surface area contributed by atoms with Gasteiger partial charge in [0.1, 0.15) is 0 Å². The van der Waals surface area contributed by atoms with E-state index in [0.29, 0.717) is 0 Å². The van der Waals surface area contributed by atoms with Crippen LogP contribution in [0.4, 0.5) is 0 Å². The first-order valence-corrected chi connectivity index (χ1v) is 1.64. The van der Waals surface area contributed by atoms with Crippen molar-refractivity contribution in [1.82, 2.24) is 0 Å². The van der Waals surface area contributed by atoms with Gasteiger partial charge < -0.3 is 73.3 Å². The maximum absolute atomic E-state index is 8.25. The predicted octanol–water partition coefficient (Wildman–Crippen LogP) is -4.80. The van der Waals surface area contributed by atoms with Gasteiger partial charge in [-0.1, -0.05) is 0 Å². The molecule has 17 nitrogen and oxygen atoms in total. The molecule has 122 valence electrons. The maximum atomic E-state index is 8.25. The Morgan fingerprint density at radius 3 is 0.474 bits per heavy atom.